The lowest BCUT2D eigenvalue weighted by Crippen LogP contribution is -2.81. The predicted octanol–water partition coefficient (Wildman–Crippen LogP) is 1.80. The lowest BCUT2D eigenvalue weighted by molar-refractivity contribution is -0.315. The summed E-state index contributed by atoms with van der Waals surface area (Å²) >= 11 is 0. The fourth-order valence-electron chi connectivity index (χ4n) is 12.2. The standard InChI is InChI=1S/C32H47NO11/c1-10-29-13-33-25-22-23(39-8)24(29)31(25,20(38-7)11-14(29)2)19-12-30(43-17(5)36)26(41-15(3)34)21(19)32(22,44-18(6)37)28(27(30)40-9)42-16(4)35/h14,19-28,33H,10-13H2,1-9H3/t14-,19-,20+,21-,22?,23+,24-,25-,26-,27+,28+,29-,30-,31+,32-/m1/s1. The van der Waals surface area contributed by atoms with Gasteiger partial charge in [-0.1, -0.05) is 13.8 Å². The van der Waals surface area contributed by atoms with Crippen molar-refractivity contribution in [3.05, 3.63) is 0 Å². The van der Waals surface area contributed by atoms with Crippen LogP contribution in [0.1, 0.15) is 60.8 Å². The molecule has 6 rings (SSSR count). The molecular weight excluding hydrogens is 574 g/mol. The van der Waals surface area contributed by atoms with Crippen LogP contribution in [0, 0.1) is 40.4 Å². The molecule has 0 aromatic heterocycles. The van der Waals surface area contributed by atoms with Crippen LogP contribution in [-0.4, -0.2) is 99.5 Å². The fourth-order valence-corrected chi connectivity index (χ4v) is 12.2. The molecule has 15 atom stereocenters. The predicted molar refractivity (Wildman–Crippen MR) is 152 cm³/mol. The summed E-state index contributed by atoms with van der Waals surface area (Å²) in [4.78, 5) is 52.0. The summed E-state index contributed by atoms with van der Waals surface area (Å²) in [6, 6.07) is -0.282. The van der Waals surface area contributed by atoms with E-state index in [0.717, 1.165) is 19.4 Å². The molecule has 0 amide bonds. The van der Waals surface area contributed by atoms with Gasteiger partial charge in [-0.25, -0.2) is 0 Å². The van der Waals surface area contributed by atoms with Gasteiger partial charge in [0.2, 0.25) is 0 Å². The highest BCUT2D eigenvalue weighted by Gasteiger charge is 2.92. The summed E-state index contributed by atoms with van der Waals surface area (Å²) in [7, 11) is 4.85. The zero-order chi connectivity index (χ0) is 32.1. The summed E-state index contributed by atoms with van der Waals surface area (Å²) in [5.41, 5.74) is -3.87. The fraction of sp³-hybridized carbons (Fsp3) is 0.875. The van der Waals surface area contributed by atoms with Crippen molar-refractivity contribution < 1.29 is 52.3 Å². The highest BCUT2D eigenvalue weighted by atomic mass is 16.6. The second kappa shape index (κ2) is 10.4. The van der Waals surface area contributed by atoms with E-state index in [0.29, 0.717) is 0 Å². The summed E-state index contributed by atoms with van der Waals surface area (Å²) < 4.78 is 44.3. The van der Waals surface area contributed by atoms with Gasteiger partial charge in [0.15, 0.2) is 23.4 Å². The maximum Gasteiger partial charge on any atom is 0.303 e. The van der Waals surface area contributed by atoms with Crippen molar-refractivity contribution in [1.82, 2.24) is 5.32 Å². The molecule has 5 saturated carbocycles. The van der Waals surface area contributed by atoms with E-state index >= 15 is 0 Å². The number of hydrogen-bond donors (Lipinski definition) is 1. The molecule has 6 aliphatic rings. The van der Waals surface area contributed by atoms with Crippen LogP contribution in [-0.2, 0) is 52.3 Å². The van der Waals surface area contributed by atoms with Crippen LogP contribution in [0.2, 0.25) is 0 Å². The molecule has 0 aromatic rings. The van der Waals surface area contributed by atoms with Gasteiger partial charge in [-0.3, -0.25) is 19.2 Å². The molecule has 1 N–H and O–H groups in total. The van der Waals surface area contributed by atoms with Crippen LogP contribution in [0.3, 0.4) is 0 Å². The van der Waals surface area contributed by atoms with Gasteiger partial charge in [0.05, 0.1) is 12.2 Å². The highest BCUT2D eigenvalue weighted by Crippen LogP contribution is 2.80. The minimum absolute atomic E-state index is 0.0527. The molecule has 12 nitrogen and oxygen atoms in total. The van der Waals surface area contributed by atoms with E-state index in [1.807, 2.05) is 0 Å². The summed E-state index contributed by atoms with van der Waals surface area (Å²) in [5.74, 6) is -3.80. The van der Waals surface area contributed by atoms with Gasteiger partial charge in [-0.2, -0.15) is 0 Å². The number of piperidine rings is 1. The average molecular weight is 622 g/mol. The Hall–Kier alpha value is -2.28. The minimum Gasteiger partial charge on any atom is -0.458 e. The van der Waals surface area contributed by atoms with Crippen molar-refractivity contribution in [2.24, 2.45) is 40.4 Å². The van der Waals surface area contributed by atoms with Crippen LogP contribution in [0.5, 0.6) is 0 Å². The normalized spacial score (nSPS) is 50.9. The van der Waals surface area contributed by atoms with Crippen LogP contribution in [0.15, 0.2) is 0 Å². The number of methoxy groups -OCH3 is 3. The third kappa shape index (κ3) is 3.54. The molecule has 1 saturated heterocycles. The number of ether oxygens (including phenoxy) is 7. The monoisotopic (exact) mass is 621 g/mol. The number of rotatable bonds is 8. The van der Waals surface area contributed by atoms with Gasteiger partial charge in [0.25, 0.3) is 0 Å². The average Bonchev–Trinajstić information content (AvgIpc) is 3.29. The number of hydrogen-bond acceptors (Lipinski definition) is 12. The molecule has 1 unspecified atom stereocenters. The first-order chi connectivity index (χ1) is 20.8. The maximum atomic E-state index is 13.3. The van der Waals surface area contributed by atoms with E-state index in [9.17, 15) is 19.2 Å². The van der Waals surface area contributed by atoms with Gasteiger partial charge in [-0.05, 0) is 36.5 Å². The molecule has 1 aliphatic heterocycles. The molecule has 12 heteroatoms. The smallest absolute Gasteiger partial charge is 0.303 e. The Labute approximate surface area is 258 Å². The van der Waals surface area contributed by atoms with Crippen LogP contribution >= 0.6 is 0 Å². The zero-order valence-electron chi connectivity index (χ0n) is 27.2. The Kier molecular flexibility index (Phi) is 7.47. The first-order valence-corrected chi connectivity index (χ1v) is 15.8. The summed E-state index contributed by atoms with van der Waals surface area (Å²) in [6.45, 7) is 10.4. The topological polar surface area (TPSA) is 145 Å². The van der Waals surface area contributed by atoms with E-state index in [-0.39, 0.29) is 41.7 Å². The van der Waals surface area contributed by atoms with Gasteiger partial charge < -0.3 is 38.5 Å². The molecule has 1 heterocycles. The Morgan fingerprint density at radius 3 is 1.95 bits per heavy atom. The van der Waals surface area contributed by atoms with Gasteiger partial charge >= 0.3 is 23.9 Å². The minimum atomic E-state index is -1.56. The van der Waals surface area contributed by atoms with Gasteiger partial charge in [0.1, 0.15) is 6.10 Å². The Morgan fingerprint density at radius 1 is 0.795 bits per heavy atom. The van der Waals surface area contributed by atoms with E-state index < -0.39 is 76.7 Å². The molecule has 5 aliphatic carbocycles. The zero-order valence-corrected chi connectivity index (χ0v) is 27.2. The molecule has 0 aromatic carbocycles. The van der Waals surface area contributed by atoms with Gasteiger partial charge in [-0.15, -0.1) is 0 Å². The van der Waals surface area contributed by atoms with Crippen molar-refractivity contribution >= 4 is 23.9 Å². The Balaban J connectivity index is 1.75. The molecule has 0 radical (unpaired) electrons. The highest BCUT2D eigenvalue weighted by molar-refractivity contribution is 5.71. The Bertz CT molecular complexity index is 1240. The number of esters is 4. The van der Waals surface area contributed by atoms with Crippen LogP contribution in [0.25, 0.3) is 0 Å². The van der Waals surface area contributed by atoms with Crippen molar-refractivity contribution in [3.8, 4) is 0 Å². The summed E-state index contributed by atoms with van der Waals surface area (Å²) in [6.07, 6.45) is -2.17. The SMILES string of the molecule is CC[C@]12CN[C@@H]3C4[C@H](OC)[C@H]1[C@@]3([C@@H](OC)C[C@H]2C)[C@@H]1C[C@@]2(OC(C)=O)[C@H](OC(C)=O)[C@@H]1[C@]4(OC(C)=O)[C@@H](OC(C)=O)[C@@H]2OC. The van der Waals surface area contributed by atoms with Crippen molar-refractivity contribution in [2.75, 3.05) is 27.9 Å². The van der Waals surface area contributed by atoms with E-state index in [1.54, 1.807) is 14.2 Å². The van der Waals surface area contributed by atoms with E-state index in [1.165, 1.54) is 34.8 Å². The molecule has 7 bridgehead atoms. The number of carbonyl (C=O) groups is 4. The quantitative estimate of drug-likeness (QED) is 0.312. The second-order valence-corrected chi connectivity index (χ2v) is 14.1. The Morgan fingerprint density at radius 2 is 1.43 bits per heavy atom. The molecule has 44 heavy (non-hydrogen) atoms. The molecule has 246 valence electrons. The first-order valence-electron chi connectivity index (χ1n) is 15.8. The molecule has 1 spiro atoms. The lowest BCUT2D eigenvalue weighted by atomic mass is 9.41. The van der Waals surface area contributed by atoms with Gasteiger partial charge in [0, 0.05) is 84.8 Å². The first kappa shape index (κ1) is 31.7. The summed E-state index contributed by atoms with van der Waals surface area (Å²) in [5, 5.41) is 3.92. The number of carbonyl (C=O) groups excluding carboxylic acids is 4. The maximum absolute atomic E-state index is 13.3. The lowest BCUT2D eigenvalue weighted by Gasteiger charge is -2.69. The molecule has 6 fully saturated rings. The van der Waals surface area contributed by atoms with E-state index in [2.05, 4.69) is 19.2 Å². The number of nitrogens with one attached hydrogen (secondary N) is 1. The number of fused-ring (bicyclic) bond motifs is 2. The van der Waals surface area contributed by atoms with Crippen LogP contribution < -0.4 is 5.32 Å². The third-order valence-electron chi connectivity index (χ3n) is 12.9. The largest absolute Gasteiger partial charge is 0.458 e. The van der Waals surface area contributed by atoms with Crippen molar-refractivity contribution in [2.45, 2.75) is 109 Å². The van der Waals surface area contributed by atoms with Crippen LogP contribution in [0.4, 0.5) is 0 Å². The van der Waals surface area contributed by atoms with E-state index in [4.69, 9.17) is 33.2 Å². The van der Waals surface area contributed by atoms with Crippen molar-refractivity contribution in [3.63, 3.8) is 0 Å². The third-order valence-corrected chi connectivity index (χ3v) is 12.9. The van der Waals surface area contributed by atoms with Crippen molar-refractivity contribution in [1.29, 1.82) is 0 Å². The second-order valence-electron chi connectivity index (χ2n) is 14.1. The molecular formula is C32H47NO11.